The van der Waals surface area contributed by atoms with Gasteiger partial charge in [-0.2, -0.15) is 15.1 Å². The van der Waals surface area contributed by atoms with Gasteiger partial charge in [0, 0.05) is 32.2 Å². The zero-order chi connectivity index (χ0) is 26.9. The van der Waals surface area contributed by atoms with Crippen molar-refractivity contribution < 1.29 is 9.47 Å². The Morgan fingerprint density at radius 3 is 2.08 bits per heavy atom. The van der Waals surface area contributed by atoms with Crippen LogP contribution in [0.2, 0.25) is 0 Å². The van der Waals surface area contributed by atoms with Gasteiger partial charge in [0.1, 0.15) is 30.5 Å². The molecule has 0 spiro atoms. The summed E-state index contributed by atoms with van der Waals surface area (Å²) in [6.07, 6.45) is 9.18. The minimum atomic E-state index is 0.480. The highest BCUT2D eigenvalue weighted by Gasteiger charge is 2.19. The van der Waals surface area contributed by atoms with E-state index in [1.54, 1.807) is 6.21 Å². The number of nitrogens with zero attached hydrogens (tertiary/aromatic N) is 5. The number of aryl methyl sites for hydroxylation is 2. The van der Waals surface area contributed by atoms with Crippen LogP contribution in [0.15, 0.2) is 53.6 Å². The van der Waals surface area contributed by atoms with Crippen molar-refractivity contribution in [1.29, 1.82) is 0 Å². The molecule has 2 saturated heterocycles. The molecule has 0 aliphatic carbocycles. The largest absolute Gasteiger partial charge is 0.490 e. The third-order valence-corrected chi connectivity index (χ3v) is 7.39. The van der Waals surface area contributed by atoms with Gasteiger partial charge in [0.25, 0.3) is 0 Å². The molecule has 1 aromatic heterocycles. The number of nitrogens with one attached hydrogen (secondary N) is 1. The zero-order valence-corrected chi connectivity index (χ0v) is 23.2. The number of anilines is 3. The Morgan fingerprint density at radius 1 is 0.744 bits per heavy atom. The van der Waals surface area contributed by atoms with E-state index in [2.05, 4.69) is 46.3 Å². The summed E-state index contributed by atoms with van der Waals surface area (Å²) in [5, 5.41) is 4.47. The smallest absolute Gasteiger partial charge is 0.229 e. The average molecular weight is 529 g/mol. The topological polar surface area (TPSA) is 75.1 Å². The number of aromatic nitrogens is 2. The molecule has 2 aliphatic rings. The molecule has 0 unspecified atom stereocenters. The summed E-state index contributed by atoms with van der Waals surface area (Å²) < 4.78 is 11.6. The monoisotopic (exact) mass is 528 g/mol. The summed E-state index contributed by atoms with van der Waals surface area (Å²) in [5.41, 5.74) is 6.61. The normalized spacial score (nSPS) is 15.9. The van der Waals surface area contributed by atoms with E-state index < -0.39 is 0 Å². The maximum Gasteiger partial charge on any atom is 0.229 e. The number of hydrogen-bond donors (Lipinski definition) is 1. The number of rotatable bonds is 10. The summed E-state index contributed by atoms with van der Waals surface area (Å²) in [7, 11) is 0. The standard InChI is InChI=1S/C31H40N6O2/c1-24-9-12-28(21-25(24)2)39-20-19-38-27-13-10-26(11-14-27)23-32-35-29-22-30(36-15-5-3-6-16-36)34-31(33-29)37-17-7-4-8-18-37/h9-14,21-23H,3-8,15-20H2,1-2H3,(H,33,34,35)/b32-23-. The molecule has 0 atom stereocenters. The predicted octanol–water partition coefficient (Wildman–Crippen LogP) is 5.98. The lowest BCUT2D eigenvalue weighted by Gasteiger charge is -2.31. The highest BCUT2D eigenvalue weighted by atomic mass is 16.5. The van der Waals surface area contributed by atoms with Crippen molar-refractivity contribution in [2.75, 3.05) is 54.6 Å². The maximum atomic E-state index is 5.84. The van der Waals surface area contributed by atoms with Crippen LogP contribution in [0.1, 0.15) is 55.2 Å². The van der Waals surface area contributed by atoms with Gasteiger partial charge in [-0.05, 0) is 105 Å². The first-order valence-electron chi connectivity index (χ1n) is 14.2. The van der Waals surface area contributed by atoms with Crippen LogP contribution in [0.4, 0.5) is 17.6 Å². The number of piperidine rings is 2. The van der Waals surface area contributed by atoms with Gasteiger partial charge in [0.2, 0.25) is 5.95 Å². The Morgan fingerprint density at radius 2 is 1.38 bits per heavy atom. The molecule has 39 heavy (non-hydrogen) atoms. The van der Waals surface area contributed by atoms with Gasteiger partial charge in [-0.25, -0.2) is 0 Å². The van der Waals surface area contributed by atoms with Gasteiger partial charge in [0.05, 0.1) is 6.21 Å². The minimum Gasteiger partial charge on any atom is -0.490 e. The fourth-order valence-corrected chi connectivity index (χ4v) is 4.95. The lowest BCUT2D eigenvalue weighted by molar-refractivity contribution is 0.217. The highest BCUT2D eigenvalue weighted by molar-refractivity contribution is 5.80. The van der Waals surface area contributed by atoms with Crippen molar-refractivity contribution in [3.63, 3.8) is 0 Å². The molecule has 2 fully saturated rings. The van der Waals surface area contributed by atoms with Crippen molar-refractivity contribution in [2.24, 2.45) is 5.10 Å². The fourth-order valence-electron chi connectivity index (χ4n) is 4.95. The molecule has 2 aliphatic heterocycles. The Bertz CT molecular complexity index is 1200. The number of ether oxygens (including phenoxy) is 2. The van der Waals surface area contributed by atoms with Gasteiger partial charge in [-0.3, -0.25) is 5.43 Å². The van der Waals surface area contributed by atoms with E-state index in [0.717, 1.165) is 60.8 Å². The van der Waals surface area contributed by atoms with E-state index in [9.17, 15) is 0 Å². The highest BCUT2D eigenvalue weighted by Crippen LogP contribution is 2.25. The third-order valence-electron chi connectivity index (χ3n) is 7.39. The summed E-state index contributed by atoms with van der Waals surface area (Å²) in [4.78, 5) is 14.4. The van der Waals surface area contributed by atoms with E-state index >= 15 is 0 Å². The Hall–Kier alpha value is -3.81. The van der Waals surface area contributed by atoms with Crippen molar-refractivity contribution >= 4 is 23.8 Å². The van der Waals surface area contributed by atoms with Gasteiger partial charge in [0.15, 0.2) is 5.82 Å². The van der Waals surface area contributed by atoms with Crippen molar-refractivity contribution in [1.82, 2.24) is 9.97 Å². The molecule has 0 saturated carbocycles. The zero-order valence-electron chi connectivity index (χ0n) is 23.2. The van der Waals surface area contributed by atoms with Crippen molar-refractivity contribution in [3.8, 4) is 11.5 Å². The van der Waals surface area contributed by atoms with Crippen LogP contribution in [0.5, 0.6) is 11.5 Å². The van der Waals surface area contributed by atoms with Crippen LogP contribution in [-0.4, -0.2) is 55.6 Å². The minimum absolute atomic E-state index is 0.480. The Balaban J connectivity index is 1.15. The van der Waals surface area contributed by atoms with Crippen LogP contribution in [0, 0.1) is 13.8 Å². The van der Waals surface area contributed by atoms with E-state index in [0.29, 0.717) is 13.2 Å². The summed E-state index contributed by atoms with van der Waals surface area (Å²) in [6.45, 7) is 9.28. The molecule has 5 rings (SSSR count). The molecule has 3 heterocycles. The molecule has 1 N–H and O–H groups in total. The second kappa shape index (κ2) is 13.3. The summed E-state index contributed by atoms with van der Waals surface area (Å²) in [5.74, 6) is 4.20. The van der Waals surface area contributed by atoms with Crippen LogP contribution < -0.4 is 24.7 Å². The van der Waals surface area contributed by atoms with Crippen molar-refractivity contribution in [3.05, 3.63) is 65.2 Å². The van der Waals surface area contributed by atoms with E-state index in [1.165, 1.54) is 49.7 Å². The average Bonchev–Trinajstić information content (AvgIpc) is 2.98. The summed E-state index contributed by atoms with van der Waals surface area (Å²) in [6, 6.07) is 16.0. The molecule has 3 aromatic rings. The molecule has 206 valence electrons. The van der Waals surface area contributed by atoms with Crippen LogP contribution in [0.25, 0.3) is 0 Å². The number of benzene rings is 2. The quantitative estimate of drug-likeness (QED) is 0.197. The molecule has 8 nitrogen and oxygen atoms in total. The van der Waals surface area contributed by atoms with Gasteiger partial charge in [-0.15, -0.1) is 0 Å². The predicted molar refractivity (Wildman–Crippen MR) is 159 cm³/mol. The van der Waals surface area contributed by atoms with Gasteiger partial charge < -0.3 is 19.3 Å². The summed E-state index contributed by atoms with van der Waals surface area (Å²) >= 11 is 0. The molecule has 0 bridgehead atoms. The second-order valence-electron chi connectivity index (χ2n) is 10.4. The third kappa shape index (κ3) is 7.62. The molecular weight excluding hydrogens is 488 g/mol. The van der Waals surface area contributed by atoms with Gasteiger partial charge >= 0.3 is 0 Å². The first kappa shape index (κ1) is 26.8. The van der Waals surface area contributed by atoms with Crippen LogP contribution in [0.3, 0.4) is 0 Å². The number of hydrazone groups is 1. The van der Waals surface area contributed by atoms with Crippen LogP contribution >= 0.6 is 0 Å². The van der Waals surface area contributed by atoms with E-state index in [4.69, 9.17) is 19.4 Å². The first-order chi connectivity index (χ1) is 19.1. The van der Waals surface area contributed by atoms with E-state index in [-0.39, 0.29) is 0 Å². The Labute approximate surface area is 232 Å². The van der Waals surface area contributed by atoms with Crippen molar-refractivity contribution in [2.45, 2.75) is 52.4 Å². The first-order valence-corrected chi connectivity index (χ1v) is 14.2. The molecular formula is C31H40N6O2. The number of hydrogen-bond acceptors (Lipinski definition) is 8. The van der Waals surface area contributed by atoms with Crippen LogP contribution in [-0.2, 0) is 0 Å². The molecule has 2 aromatic carbocycles. The Kier molecular flexibility index (Phi) is 9.14. The fraction of sp³-hybridized carbons (Fsp3) is 0.452. The lowest BCUT2D eigenvalue weighted by Crippen LogP contribution is -2.33. The lowest BCUT2D eigenvalue weighted by atomic mass is 10.1. The molecule has 8 heteroatoms. The molecule has 0 radical (unpaired) electrons. The SMILES string of the molecule is Cc1ccc(OCCOc2ccc(/C=N\Nc3cc(N4CCCCC4)nc(N4CCCCC4)n3)cc2)cc1C. The maximum absolute atomic E-state index is 5.84. The second-order valence-corrected chi connectivity index (χ2v) is 10.4. The van der Waals surface area contributed by atoms with Gasteiger partial charge in [-0.1, -0.05) is 6.07 Å². The molecule has 0 amide bonds. The van der Waals surface area contributed by atoms with E-state index in [1.807, 2.05) is 36.4 Å².